The fourth-order valence-corrected chi connectivity index (χ4v) is 3.97. The molecule has 0 bridgehead atoms. The van der Waals surface area contributed by atoms with Gasteiger partial charge in [0.15, 0.2) is 0 Å². The number of carboxylic acids is 1. The van der Waals surface area contributed by atoms with E-state index in [1.165, 1.54) is 30.3 Å². The van der Waals surface area contributed by atoms with Gasteiger partial charge < -0.3 is 5.11 Å². The van der Waals surface area contributed by atoms with E-state index in [1.54, 1.807) is 0 Å². The number of carboxylic acid groups (broad SMARTS) is 1. The van der Waals surface area contributed by atoms with Gasteiger partial charge in [-0.1, -0.05) is 29.3 Å². The fourth-order valence-electron chi connectivity index (χ4n) is 2.36. The van der Waals surface area contributed by atoms with Crippen molar-refractivity contribution in [3.63, 3.8) is 0 Å². The molecule has 0 radical (unpaired) electrons. The summed E-state index contributed by atoms with van der Waals surface area (Å²) in [5.74, 6) is -1.93. The topological polar surface area (TPSA) is 74.7 Å². The van der Waals surface area contributed by atoms with Crippen LogP contribution >= 0.6 is 23.2 Å². The van der Waals surface area contributed by atoms with E-state index in [0.29, 0.717) is 10.6 Å². The summed E-state index contributed by atoms with van der Waals surface area (Å²) in [6.07, 6.45) is 0.700. The van der Waals surface area contributed by atoms with Crippen LogP contribution in [-0.2, 0) is 21.2 Å². The lowest BCUT2D eigenvalue weighted by Crippen LogP contribution is -2.46. The summed E-state index contributed by atoms with van der Waals surface area (Å²) >= 11 is 11.9. The number of rotatable bonds is 6. The third-order valence-corrected chi connectivity index (χ3v) is 5.20. The molecule has 0 fully saturated rings. The number of carbonyl (C=O) groups is 1. The van der Waals surface area contributed by atoms with Crippen LogP contribution in [0.3, 0.4) is 0 Å². The minimum Gasteiger partial charge on any atom is -0.480 e. The van der Waals surface area contributed by atoms with Gasteiger partial charge in [-0.25, -0.2) is 17.6 Å². The van der Waals surface area contributed by atoms with E-state index in [1.807, 2.05) is 0 Å². The number of hydrogen-bond acceptors (Lipinski definition) is 3. The second-order valence-corrected chi connectivity index (χ2v) is 8.03. The van der Waals surface area contributed by atoms with Gasteiger partial charge in [0.25, 0.3) is 0 Å². The van der Waals surface area contributed by atoms with E-state index in [4.69, 9.17) is 23.2 Å². The zero-order valence-corrected chi connectivity index (χ0v) is 15.3. The van der Waals surface area contributed by atoms with Crippen molar-refractivity contribution in [2.75, 3.05) is 10.6 Å². The van der Waals surface area contributed by atoms with Crippen LogP contribution in [0, 0.1) is 5.82 Å². The molecule has 1 N–H and O–H groups in total. The molecular formula is C16H14Cl2FNO4S. The Labute approximate surface area is 154 Å². The lowest BCUT2D eigenvalue weighted by Gasteiger charge is -2.29. The van der Waals surface area contributed by atoms with Gasteiger partial charge in [-0.3, -0.25) is 4.31 Å². The number of anilines is 1. The van der Waals surface area contributed by atoms with Crippen LogP contribution in [0.2, 0.25) is 10.0 Å². The summed E-state index contributed by atoms with van der Waals surface area (Å²) in [4.78, 5) is 11.8. The van der Waals surface area contributed by atoms with Gasteiger partial charge in [0, 0.05) is 16.5 Å². The maximum atomic E-state index is 13.1. The van der Waals surface area contributed by atoms with Crippen molar-refractivity contribution in [3.05, 3.63) is 63.9 Å². The Morgan fingerprint density at radius 1 is 1.20 bits per heavy atom. The van der Waals surface area contributed by atoms with E-state index in [0.717, 1.165) is 22.7 Å². The molecule has 0 aliphatic rings. The molecule has 134 valence electrons. The Kier molecular flexibility index (Phi) is 5.92. The van der Waals surface area contributed by atoms with Gasteiger partial charge in [0.1, 0.15) is 11.9 Å². The van der Waals surface area contributed by atoms with Crippen molar-refractivity contribution in [2.24, 2.45) is 0 Å². The van der Waals surface area contributed by atoms with Gasteiger partial charge in [-0.15, -0.1) is 0 Å². The first kappa shape index (κ1) is 19.5. The zero-order valence-electron chi connectivity index (χ0n) is 13.0. The molecule has 0 aromatic heterocycles. The van der Waals surface area contributed by atoms with Crippen molar-refractivity contribution < 1.29 is 22.7 Å². The first-order chi connectivity index (χ1) is 11.6. The Morgan fingerprint density at radius 3 is 2.28 bits per heavy atom. The largest absolute Gasteiger partial charge is 0.480 e. The van der Waals surface area contributed by atoms with Crippen LogP contribution in [0.25, 0.3) is 0 Å². The molecule has 0 saturated heterocycles. The predicted molar refractivity (Wildman–Crippen MR) is 95.3 cm³/mol. The maximum absolute atomic E-state index is 13.1. The number of benzene rings is 2. The van der Waals surface area contributed by atoms with Crippen LogP contribution in [0.1, 0.15) is 5.56 Å². The molecule has 1 atom stereocenters. The lowest BCUT2D eigenvalue weighted by atomic mass is 10.1. The molecule has 2 aromatic rings. The average Bonchev–Trinajstić information content (AvgIpc) is 2.49. The molecular weight excluding hydrogens is 392 g/mol. The Balaban J connectivity index is 2.50. The van der Waals surface area contributed by atoms with E-state index in [-0.39, 0.29) is 17.1 Å². The summed E-state index contributed by atoms with van der Waals surface area (Å²) in [5, 5.41) is 10.2. The molecule has 0 amide bonds. The third kappa shape index (κ3) is 4.84. The molecule has 0 aliphatic heterocycles. The SMILES string of the molecule is CS(=O)(=O)N(c1ccc(F)cc1)[C@H](Cc1ccc(Cl)cc1Cl)C(=O)O. The number of nitrogens with zero attached hydrogens (tertiary/aromatic N) is 1. The molecule has 0 spiro atoms. The summed E-state index contributed by atoms with van der Waals surface area (Å²) < 4.78 is 38.3. The average molecular weight is 406 g/mol. The van der Waals surface area contributed by atoms with Crippen LogP contribution in [0.15, 0.2) is 42.5 Å². The van der Waals surface area contributed by atoms with Gasteiger partial charge in [0.2, 0.25) is 10.0 Å². The molecule has 0 aliphatic carbocycles. The van der Waals surface area contributed by atoms with Crippen LogP contribution < -0.4 is 4.31 Å². The predicted octanol–water partition coefficient (Wildman–Crippen LogP) is 3.59. The van der Waals surface area contributed by atoms with E-state index >= 15 is 0 Å². The molecule has 9 heteroatoms. The van der Waals surface area contributed by atoms with Crippen LogP contribution in [-0.4, -0.2) is 31.8 Å². The highest BCUT2D eigenvalue weighted by Gasteiger charge is 2.33. The molecule has 2 rings (SSSR count). The lowest BCUT2D eigenvalue weighted by molar-refractivity contribution is -0.138. The summed E-state index contributed by atoms with van der Waals surface area (Å²) in [5.41, 5.74) is 0.468. The van der Waals surface area contributed by atoms with Gasteiger partial charge in [-0.2, -0.15) is 0 Å². The quantitative estimate of drug-likeness (QED) is 0.796. The first-order valence-electron chi connectivity index (χ1n) is 7.01. The van der Waals surface area contributed by atoms with Gasteiger partial charge >= 0.3 is 5.97 Å². The second kappa shape index (κ2) is 7.59. The van der Waals surface area contributed by atoms with Crippen molar-refractivity contribution in [1.82, 2.24) is 0 Å². The van der Waals surface area contributed by atoms with Crippen molar-refractivity contribution in [3.8, 4) is 0 Å². The zero-order chi connectivity index (χ0) is 18.8. The summed E-state index contributed by atoms with van der Waals surface area (Å²) in [6, 6.07) is 7.57. The monoisotopic (exact) mass is 405 g/mol. The molecule has 0 unspecified atom stereocenters. The minimum absolute atomic E-state index is 0.0429. The Hall–Kier alpha value is -1.83. The maximum Gasteiger partial charge on any atom is 0.327 e. The Bertz CT molecular complexity index is 888. The van der Waals surface area contributed by atoms with Gasteiger partial charge in [-0.05, 0) is 42.0 Å². The van der Waals surface area contributed by atoms with E-state index in [9.17, 15) is 22.7 Å². The molecule has 0 saturated carbocycles. The number of hydrogen-bond donors (Lipinski definition) is 1. The number of halogens is 3. The van der Waals surface area contributed by atoms with Crippen molar-refractivity contribution in [2.45, 2.75) is 12.5 Å². The molecule has 5 nitrogen and oxygen atoms in total. The summed E-state index contributed by atoms with van der Waals surface area (Å²) in [6.45, 7) is 0. The van der Waals surface area contributed by atoms with E-state index in [2.05, 4.69) is 0 Å². The highest BCUT2D eigenvalue weighted by atomic mass is 35.5. The van der Waals surface area contributed by atoms with Crippen LogP contribution in [0.5, 0.6) is 0 Å². The Morgan fingerprint density at radius 2 is 1.80 bits per heavy atom. The second-order valence-electron chi connectivity index (χ2n) is 5.33. The van der Waals surface area contributed by atoms with Gasteiger partial charge in [0.05, 0.1) is 11.9 Å². The highest BCUT2D eigenvalue weighted by molar-refractivity contribution is 7.92. The third-order valence-electron chi connectivity index (χ3n) is 3.43. The highest BCUT2D eigenvalue weighted by Crippen LogP contribution is 2.27. The van der Waals surface area contributed by atoms with E-state index < -0.39 is 27.9 Å². The normalized spacial score (nSPS) is 12.6. The van der Waals surface area contributed by atoms with Crippen LogP contribution in [0.4, 0.5) is 10.1 Å². The number of aliphatic carboxylic acids is 1. The van der Waals surface area contributed by atoms with Crippen molar-refractivity contribution >= 4 is 44.9 Å². The summed E-state index contributed by atoms with van der Waals surface area (Å²) in [7, 11) is -3.96. The molecule has 2 aromatic carbocycles. The standard InChI is InChI=1S/C16H14Cl2FNO4S/c1-25(23,24)20(13-6-4-12(19)5-7-13)15(16(21)22)8-10-2-3-11(17)9-14(10)18/h2-7,9,15H,8H2,1H3,(H,21,22)/t15-/m1/s1. The molecule has 0 heterocycles. The smallest absolute Gasteiger partial charge is 0.327 e. The molecule has 25 heavy (non-hydrogen) atoms. The minimum atomic E-state index is -3.96. The number of sulfonamides is 1. The van der Waals surface area contributed by atoms with Crippen molar-refractivity contribution in [1.29, 1.82) is 0 Å². The fraction of sp³-hybridized carbons (Fsp3) is 0.188. The first-order valence-corrected chi connectivity index (χ1v) is 9.61.